The van der Waals surface area contributed by atoms with Crippen LogP contribution in [0.5, 0.6) is 0 Å². The second-order valence-electron chi connectivity index (χ2n) is 5.23. The van der Waals surface area contributed by atoms with Crippen LogP contribution in [0.15, 0.2) is 24.3 Å². The minimum absolute atomic E-state index is 0.0578. The molecule has 1 fully saturated rings. The minimum Gasteiger partial charge on any atom is -0.395 e. The molecule has 110 valence electrons. The van der Waals surface area contributed by atoms with E-state index in [2.05, 4.69) is 28.2 Å². The number of aliphatic hydroxyl groups excluding tert-OH is 1. The van der Waals surface area contributed by atoms with Crippen LogP contribution < -0.4 is 5.32 Å². The molecule has 1 aromatic carbocycles. The number of piperazine rings is 1. The van der Waals surface area contributed by atoms with E-state index in [9.17, 15) is 4.79 Å². The zero-order valence-corrected chi connectivity index (χ0v) is 12.2. The molecule has 5 heteroatoms. The predicted octanol–water partition coefficient (Wildman–Crippen LogP) is 0.327. The van der Waals surface area contributed by atoms with Gasteiger partial charge in [-0.1, -0.05) is 12.1 Å². The van der Waals surface area contributed by atoms with Gasteiger partial charge in [0.05, 0.1) is 6.61 Å². The Hall–Kier alpha value is -1.43. The molecule has 0 aromatic heterocycles. The van der Waals surface area contributed by atoms with E-state index in [-0.39, 0.29) is 18.6 Å². The molecule has 20 heavy (non-hydrogen) atoms. The van der Waals surface area contributed by atoms with E-state index in [0.29, 0.717) is 12.1 Å². The zero-order valence-electron chi connectivity index (χ0n) is 12.2. The van der Waals surface area contributed by atoms with E-state index in [1.807, 2.05) is 18.2 Å². The van der Waals surface area contributed by atoms with Gasteiger partial charge in [0.25, 0.3) is 5.91 Å². The smallest absolute Gasteiger partial charge is 0.251 e. The molecule has 2 rings (SSSR count). The fraction of sp³-hybridized carbons (Fsp3) is 0.533. The highest BCUT2D eigenvalue weighted by atomic mass is 16.3. The number of aliphatic hydroxyl groups is 1. The zero-order chi connectivity index (χ0) is 14.5. The largest absolute Gasteiger partial charge is 0.395 e. The molecule has 2 N–H and O–H groups in total. The highest BCUT2D eigenvalue weighted by Gasteiger charge is 2.25. The van der Waals surface area contributed by atoms with Crippen molar-refractivity contribution < 1.29 is 9.90 Å². The Bertz CT molecular complexity index is 464. The van der Waals surface area contributed by atoms with E-state index in [4.69, 9.17) is 5.11 Å². The molecule has 5 nitrogen and oxygen atoms in total. The van der Waals surface area contributed by atoms with Crippen LogP contribution in [0.3, 0.4) is 0 Å². The van der Waals surface area contributed by atoms with Crippen LogP contribution in [0.25, 0.3) is 0 Å². The van der Waals surface area contributed by atoms with E-state index in [1.54, 1.807) is 7.05 Å². The minimum atomic E-state index is -0.0578. The second kappa shape index (κ2) is 6.83. The fourth-order valence-electron chi connectivity index (χ4n) is 2.67. The van der Waals surface area contributed by atoms with E-state index in [0.717, 1.165) is 25.2 Å². The van der Waals surface area contributed by atoms with Crippen LogP contribution in [-0.4, -0.2) is 67.7 Å². The third kappa shape index (κ3) is 3.36. The molecule has 0 saturated carbocycles. The molecule has 1 heterocycles. The first-order valence-corrected chi connectivity index (χ1v) is 7.01. The van der Waals surface area contributed by atoms with Crippen molar-refractivity contribution in [3.63, 3.8) is 0 Å². The third-order valence-corrected chi connectivity index (χ3v) is 3.91. The van der Waals surface area contributed by atoms with Gasteiger partial charge in [0.1, 0.15) is 0 Å². The van der Waals surface area contributed by atoms with Crippen molar-refractivity contribution in [3.05, 3.63) is 35.4 Å². The maximum absolute atomic E-state index is 11.7. The van der Waals surface area contributed by atoms with Crippen LogP contribution in [0, 0.1) is 0 Å². The Morgan fingerprint density at radius 3 is 2.95 bits per heavy atom. The van der Waals surface area contributed by atoms with E-state index < -0.39 is 0 Å². The summed E-state index contributed by atoms with van der Waals surface area (Å²) >= 11 is 0. The highest BCUT2D eigenvalue weighted by Crippen LogP contribution is 2.24. The monoisotopic (exact) mass is 277 g/mol. The lowest BCUT2D eigenvalue weighted by atomic mass is 10.00. The number of β-amino-alcohol motifs (C(OH)–C–C–N with tert-alkyl or cyclic N) is 1. The molecule has 0 unspecified atom stereocenters. The molecule has 0 aliphatic carbocycles. The molecular weight excluding hydrogens is 254 g/mol. The summed E-state index contributed by atoms with van der Waals surface area (Å²) in [6.45, 7) is 3.72. The number of nitrogens with zero attached hydrogens (tertiary/aromatic N) is 2. The number of amides is 1. The number of rotatable bonds is 4. The molecule has 1 aliphatic heterocycles. The lowest BCUT2D eigenvalue weighted by Crippen LogP contribution is -2.47. The standard InChI is InChI=1S/C15H23N3O2/c1-16-15(20)13-5-3-4-12(10-13)14-11-18(8-9-19)7-6-17(14)2/h3-5,10,14,19H,6-9,11H2,1-2H3,(H,16,20)/t14-/m0/s1. The maximum Gasteiger partial charge on any atom is 0.251 e. The summed E-state index contributed by atoms with van der Waals surface area (Å²) in [4.78, 5) is 16.3. The van der Waals surface area contributed by atoms with Gasteiger partial charge in [0.15, 0.2) is 0 Å². The number of nitrogens with one attached hydrogen (secondary N) is 1. The number of carbonyl (C=O) groups excluding carboxylic acids is 1. The molecular formula is C15H23N3O2. The first-order chi connectivity index (χ1) is 9.65. The summed E-state index contributed by atoms with van der Waals surface area (Å²) in [5, 5.41) is 11.7. The number of likely N-dealkylation sites (N-methyl/N-ethyl adjacent to an activating group) is 1. The predicted molar refractivity (Wildman–Crippen MR) is 78.7 cm³/mol. The maximum atomic E-state index is 11.7. The van der Waals surface area contributed by atoms with Gasteiger partial charge in [-0.3, -0.25) is 14.6 Å². The summed E-state index contributed by atoms with van der Waals surface area (Å²) in [5.41, 5.74) is 1.84. The Morgan fingerprint density at radius 1 is 1.45 bits per heavy atom. The van der Waals surface area contributed by atoms with Gasteiger partial charge in [0, 0.05) is 44.8 Å². The Labute approximate surface area is 120 Å². The van der Waals surface area contributed by atoms with Crippen LogP contribution in [0.2, 0.25) is 0 Å². The van der Waals surface area contributed by atoms with Gasteiger partial charge in [-0.2, -0.15) is 0 Å². The van der Waals surface area contributed by atoms with Gasteiger partial charge in [-0.25, -0.2) is 0 Å². The molecule has 1 aliphatic rings. The van der Waals surface area contributed by atoms with E-state index >= 15 is 0 Å². The van der Waals surface area contributed by atoms with Gasteiger partial charge in [-0.05, 0) is 24.7 Å². The van der Waals surface area contributed by atoms with Crippen molar-refractivity contribution in [2.24, 2.45) is 0 Å². The number of benzene rings is 1. The van der Waals surface area contributed by atoms with Crippen molar-refractivity contribution in [2.75, 3.05) is 46.9 Å². The molecule has 1 saturated heterocycles. The van der Waals surface area contributed by atoms with Crippen LogP contribution in [-0.2, 0) is 0 Å². The quantitative estimate of drug-likeness (QED) is 0.832. The Balaban J connectivity index is 2.18. The fourth-order valence-corrected chi connectivity index (χ4v) is 2.67. The number of carbonyl (C=O) groups is 1. The van der Waals surface area contributed by atoms with Gasteiger partial charge in [-0.15, -0.1) is 0 Å². The van der Waals surface area contributed by atoms with Gasteiger partial charge in [0.2, 0.25) is 0 Å². The third-order valence-electron chi connectivity index (χ3n) is 3.91. The Kier molecular flexibility index (Phi) is 5.11. The van der Waals surface area contributed by atoms with Crippen LogP contribution in [0.1, 0.15) is 22.0 Å². The van der Waals surface area contributed by atoms with Gasteiger partial charge >= 0.3 is 0 Å². The lowest BCUT2D eigenvalue weighted by molar-refractivity contribution is 0.0810. The van der Waals surface area contributed by atoms with Crippen molar-refractivity contribution >= 4 is 5.91 Å². The molecule has 0 bridgehead atoms. The topological polar surface area (TPSA) is 55.8 Å². The summed E-state index contributed by atoms with van der Waals surface area (Å²) in [6.07, 6.45) is 0. The Morgan fingerprint density at radius 2 is 2.25 bits per heavy atom. The summed E-state index contributed by atoms with van der Waals surface area (Å²) in [7, 11) is 3.75. The first kappa shape index (κ1) is 15.0. The summed E-state index contributed by atoms with van der Waals surface area (Å²) < 4.78 is 0. The average molecular weight is 277 g/mol. The van der Waals surface area contributed by atoms with Crippen molar-refractivity contribution in [1.29, 1.82) is 0 Å². The molecule has 1 amide bonds. The molecule has 1 atom stereocenters. The summed E-state index contributed by atoms with van der Waals surface area (Å²) in [6, 6.07) is 8.05. The molecule has 0 spiro atoms. The molecule has 1 aromatic rings. The molecule has 0 radical (unpaired) electrons. The normalized spacial score (nSPS) is 20.9. The van der Waals surface area contributed by atoms with Crippen molar-refractivity contribution in [2.45, 2.75) is 6.04 Å². The average Bonchev–Trinajstić information content (AvgIpc) is 2.49. The first-order valence-electron chi connectivity index (χ1n) is 7.01. The second-order valence-corrected chi connectivity index (χ2v) is 5.23. The van der Waals surface area contributed by atoms with Crippen molar-refractivity contribution in [3.8, 4) is 0 Å². The number of hydrogen-bond donors (Lipinski definition) is 2. The van der Waals surface area contributed by atoms with Crippen LogP contribution in [0.4, 0.5) is 0 Å². The highest BCUT2D eigenvalue weighted by molar-refractivity contribution is 5.94. The summed E-state index contributed by atoms with van der Waals surface area (Å²) in [5.74, 6) is -0.0578. The number of hydrogen-bond acceptors (Lipinski definition) is 4. The van der Waals surface area contributed by atoms with Crippen LogP contribution >= 0.6 is 0 Å². The van der Waals surface area contributed by atoms with Crippen molar-refractivity contribution in [1.82, 2.24) is 15.1 Å². The SMILES string of the molecule is CNC(=O)c1cccc([C@@H]2CN(CCO)CCN2C)c1. The van der Waals surface area contributed by atoms with E-state index in [1.165, 1.54) is 0 Å². The van der Waals surface area contributed by atoms with Gasteiger partial charge < -0.3 is 10.4 Å². The lowest BCUT2D eigenvalue weighted by Gasteiger charge is -2.39.